The molecule has 0 radical (unpaired) electrons. The summed E-state index contributed by atoms with van der Waals surface area (Å²) in [5.41, 5.74) is 5.43. The van der Waals surface area contributed by atoms with Gasteiger partial charge in [0.05, 0.1) is 10.5 Å². The lowest BCUT2D eigenvalue weighted by atomic mass is 10.0. The van der Waals surface area contributed by atoms with E-state index in [0.717, 1.165) is 34.3 Å². The highest BCUT2D eigenvalue weighted by Gasteiger charge is 2.18. The van der Waals surface area contributed by atoms with E-state index in [1.807, 2.05) is 38.1 Å². The van der Waals surface area contributed by atoms with Crippen LogP contribution in [0, 0.1) is 13.8 Å². The molecule has 0 bridgehead atoms. The van der Waals surface area contributed by atoms with Gasteiger partial charge in [0, 0.05) is 24.0 Å². The summed E-state index contributed by atoms with van der Waals surface area (Å²) in [6, 6.07) is 14.3. The molecule has 1 N–H and O–H groups in total. The molecule has 0 fully saturated rings. The van der Waals surface area contributed by atoms with Crippen LogP contribution >= 0.6 is 11.6 Å². The Hall–Kier alpha value is -2.26. The van der Waals surface area contributed by atoms with Crippen molar-refractivity contribution in [2.45, 2.75) is 33.2 Å². The van der Waals surface area contributed by atoms with Crippen LogP contribution in [0.1, 0.15) is 28.8 Å². The van der Waals surface area contributed by atoms with Crippen molar-refractivity contribution in [3.63, 3.8) is 0 Å². The summed E-state index contributed by atoms with van der Waals surface area (Å²) >= 11 is 6.54. The van der Waals surface area contributed by atoms with E-state index in [4.69, 9.17) is 16.7 Å². The molecule has 0 unspecified atom stereocenters. The number of carboxylic acid groups (broad SMARTS) is 1. The van der Waals surface area contributed by atoms with E-state index in [1.54, 1.807) is 0 Å². The van der Waals surface area contributed by atoms with E-state index < -0.39 is 5.97 Å². The van der Waals surface area contributed by atoms with Crippen molar-refractivity contribution in [3.8, 4) is 0 Å². The van der Waals surface area contributed by atoms with Gasteiger partial charge in [0.2, 0.25) is 0 Å². The molecule has 0 saturated carbocycles. The van der Waals surface area contributed by atoms with Gasteiger partial charge in [0.1, 0.15) is 0 Å². The zero-order valence-electron chi connectivity index (χ0n) is 13.8. The Bertz CT molecular complexity index is 897. The number of rotatable bonds is 5. The molecule has 0 atom stereocenters. The molecule has 1 aromatic heterocycles. The second-order valence-corrected chi connectivity index (χ2v) is 6.58. The van der Waals surface area contributed by atoms with Gasteiger partial charge in [-0.25, -0.2) is 0 Å². The lowest BCUT2D eigenvalue weighted by molar-refractivity contribution is -0.136. The third kappa shape index (κ3) is 3.17. The fourth-order valence-corrected chi connectivity index (χ4v) is 3.65. The standard InChI is InChI=1S/C20H20ClNO2/c1-13-10-17-16(8-9-19(23)24)14(2)22(20(17)18(21)11-13)12-15-6-4-3-5-7-15/h3-7,10-11H,8-9,12H2,1-2H3,(H,23,24). The lowest BCUT2D eigenvalue weighted by Crippen LogP contribution is -2.03. The van der Waals surface area contributed by atoms with Crippen LogP contribution in [0.3, 0.4) is 0 Å². The van der Waals surface area contributed by atoms with Gasteiger partial charge in [-0.3, -0.25) is 4.79 Å². The van der Waals surface area contributed by atoms with Gasteiger partial charge in [-0.05, 0) is 49.1 Å². The molecule has 0 aliphatic rings. The van der Waals surface area contributed by atoms with Gasteiger partial charge in [-0.15, -0.1) is 0 Å². The number of aliphatic carboxylic acids is 1. The maximum Gasteiger partial charge on any atom is 0.303 e. The number of hydrogen-bond donors (Lipinski definition) is 1. The minimum Gasteiger partial charge on any atom is -0.481 e. The largest absolute Gasteiger partial charge is 0.481 e. The lowest BCUT2D eigenvalue weighted by Gasteiger charge is -2.10. The predicted molar refractivity (Wildman–Crippen MR) is 97.9 cm³/mol. The maximum absolute atomic E-state index is 11.0. The molecule has 0 aliphatic heterocycles. The first kappa shape index (κ1) is 16.6. The third-order valence-electron chi connectivity index (χ3n) is 4.42. The van der Waals surface area contributed by atoms with Crippen molar-refractivity contribution in [1.29, 1.82) is 0 Å². The monoisotopic (exact) mass is 341 g/mol. The van der Waals surface area contributed by atoms with Crippen LogP contribution < -0.4 is 0 Å². The number of carboxylic acids is 1. The molecular weight excluding hydrogens is 322 g/mol. The molecule has 3 nitrogen and oxygen atoms in total. The first-order valence-corrected chi connectivity index (χ1v) is 8.38. The second-order valence-electron chi connectivity index (χ2n) is 6.17. The molecule has 2 aromatic carbocycles. The fourth-order valence-electron chi connectivity index (χ4n) is 3.28. The molecule has 3 rings (SSSR count). The van der Waals surface area contributed by atoms with Crippen LogP contribution in [0.4, 0.5) is 0 Å². The molecular formula is C20H20ClNO2. The SMILES string of the molecule is Cc1cc(Cl)c2c(c1)c(CCC(=O)O)c(C)n2Cc1ccccc1. The number of nitrogens with zero attached hydrogens (tertiary/aromatic N) is 1. The second kappa shape index (κ2) is 6.70. The molecule has 1 heterocycles. The molecule has 4 heteroatoms. The van der Waals surface area contributed by atoms with Crippen LogP contribution in [-0.4, -0.2) is 15.6 Å². The van der Waals surface area contributed by atoms with Crippen molar-refractivity contribution >= 4 is 28.5 Å². The Morgan fingerprint density at radius 2 is 1.88 bits per heavy atom. The number of benzene rings is 2. The van der Waals surface area contributed by atoms with E-state index in [2.05, 4.69) is 22.8 Å². The van der Waals surface area contributed by atoms with Gasteiger partial charge in [-0.1, -0.05) is 41.9 Å². The summed E-state index contributed by atoms with van der Waals surface area (Å²) in [6.45, 7) is 4.78. The first-order valence-electron chi connectivity index (χ1n) is 8.01. The number of aromatic nitrogens is 1. The summed E-state index contributed by atoms with van der Waals surface area (Å²) in [7, 11) is 0. The number of fused-ring (bicyclic) bond motifs is 1. The van der Waals surface area contributed by atoms with Crippen LogP contribution in [0.2, 0.25) is 5.02 Å². The third-order valence-corrected chi connectivity index (χ3v) is 4.70. The van der Waals surface area contributed by atoms with Gasteiger partial charge in [0.15, 0.2) is 0 Å². The zero-order valence-corrected chi connectivity index (χ0v) is 14.6. The van der Waals surface area contributed by atoms with Crippen molar-refractivity contribution in [1.82, 2.24) is 4.57 Å². The molecule has 0 amide bonds. The molecule has 0 spiro atoms. The highest BCUT2D eigenvalue weighted by Crippen LogP contribution is 2.34. The number of carbonyl (C=O) groups is 1. The highest BCUT2D eigenvalue weighted by molar-refractivity contribution is 6.35. The Morgan fingerprint density at radius 1 is 1.17 bits per heavy atom. The summed E-state index contributed by atoms with van der Waals surface area (Å²) in [4.78, 5) is 11.0. The number of hydrogen-bond acceptors (Lipinski definition) is 1. The Labute approximate surface area is 146 Å². The minimum atomic E-state index is -0.780. The summed E-state index contributed by atoms with van der Waals surface area (Å²) < 4.78 is 2.20. The Morgan fingerprint density at radius 3 is 2.54 bits per heavy atom. The number of halogens is 1. The van der Waals surface area contributed by atoms with Crippen LogP contribution in [0.15, 0.2) is 42.5 Å². The Balaban J connectivity index is 2.17. The predicted octanol–water partition coefficient (Wildman–Crippen LogP) is 4.98. The van der Waals surface area contributed by atoms with Crippen molar-refractivity contribution in [3.05, 3.63) is 69.9 Å². The zero-order chi connectivity index (χ0) is 17.3. The Kier molecular flexibility index (Phi) is 4.63. The van der Waals surface area contributed by atoms with E-state index in [0.29, 0.717) is 11.4 Å². The van der Waals surface area contributed by atoms with Gasteiger partial charge < -0.3 is 9.67 Å². The molecule has 3 aromatic rings. The topological polar surface area (TPSA) is 42.2 Å². The average Bonchev–Trinajstić information content (AvgIpc) is 2.78. The van der Waals surface area contributed by atoms with E-state index >= 15 is 0 Å². The van der Waals surface area contributed by atoms with Crippen LogP contribution in [0.25, 0.3) is 10.9 Å². The van der Waals surface area contributed by atoms with Gasteiger partial charge >= 0.3 is 5.97 Å². The first-order chi connectivity index (χ1) is 11.5. The molecule has 24 heavy (non-hydrogen) atoms. The van der Waals surface area contributed by atoms with Gasteiger partial charge in [0.25, 0.3) is 0 Å². The van der Waals surface area contributed by atoms with Crippen molar-refractivity contribution in [2.24, 2.45) is 0 Å². The summed E-state index contributed by atoms with van der Waals surface area (Å²) in [5.74, 6) is -0.780. The van der Waals surface area contributed by atoms with E-state index in [-0.39, 0.29) is 6.42 Å². The van der Waals surface area contributed by atoms with Crippen molar-refractivity contribution in [2.75, 3.05) is 0 Å². The fraction of sp³-hybridized carbons (Fsp3) is 0.250. The van der Waals surface area contributed by atoms with E-state index in [1.165, 1.54) is 5.56 Å². The highest BCUT2D eigenvalue weighted by atomic mass is 35.5. The maximum atomic E-state index is 11.0. The minimum absolute atomic E-state index is 0.122. The number of aryl methyl sites for hydroxylation is 2. The van der Waals surface area contributed by atoms with Crippen LogP contribution in [-0.2, 0) is 17.8 Å². The quantitative estimate of drug-likeness (QED) is 0.711. The van der Waals surface area contributed by atoms with Crippen molar-refractivity contribution < 1.29 is 9.90 Å². The van der Waals surface area contributed by atoms with Gasteiger partial charge in [-0.2, -0.15) is 0 Å². The molecule has 0 saturated heterocycles. The summed E-state index contributed by atoms with van der Waals surface area (Å²) in [6.07, 6.45) is 0.635. The smallest absolute Gasteiger partial charge is 0.303 e. The molecule has 0 aliphatic carbocycles. The van der Waals surface area contributed by atoms with Crippen LogP contribution in [0.5, 0.6) is 0 Å². The van der Waals surface area contributed by atoms with E-state index in [9.17, 15) is 4.79 Å². The summed E-state index contributed by atoms with van der Waals surface area (Å²) in [5, 5.41) is 10.8. The average molecular weight is 342 g/mol. The normalized spacial score (nSPS) is 11.1. The molecule has 124 valence electrons.